The minimum Gasteiger partial charge on any atom is -0.357 e. The highest BCUT2D eigenvalue weighted by Gasteiger charge is 2.12. The molecule has 1 aliphatic heterocycles. The van der Waals surface area contributed by atoms with Crippen LogP contribution in [0.3, 0.4) is 0 Å². The highest BCUT2D eigenvalue weighted by atomic mass is 127. The number of nitrogens with zero attached hydrogens (tertiary/aromatic N) is 3. The Morgan fingerprint density at radius 1 is 1.16 bits per heavy atom. The molecular weight excluding hydrogens is 425 g/mol. The number of anilines is 1. The van der Waals surface area contributed by atoms with Crippen molar-refractivity contribution in [3.8, 4) is 0 Å². The molecule has 1 aromatic heterocycles. The fourth-order valence-corrected chi connectivity index (χ4v) is 3.32. The Bertz CT molecular complexity index is 554. The van der Waals surface area contributed by atoms with Crippen LogP contribution in [-0.2, 0) is 6.54 Å². The summed E-state index contributed by atoms with van der Waals surface area (Å²) in [5.41, 5.74) is 1.18. The van der Waals surface area contributed by atoms with Crippen LogP contribution in [0, 0.1) is 0 Å². The molecular formula is C19H30IN5. The van der Waals surface area contributed by atoms with Gasteiger partial charge in [0.05, 0.1) is 0 Å². The summed E-state index contributed by atoms with van der Waals surface area (Å²) in [5, 5.41) is 6.83. The molecule has 1 fully saturated rings. The molecule has 0 aromatic carbocycles. The van der Waals surface area contributed by atoms with Crippen LogP contribution in [0.4, 0.5) is 5.82 Å². The monoisotopic (exact) mass is 455 g/mol. The lowest BCUT2D eigenvalue weighted by Gasteiger charge is -2.21. The van der Waals surface area contributed by atoms with E-state index in [0.29, 0.717) is 6.04 Å². The van der Waals surface area contributed by atoms with Crippen molar-refractivity contribution in [2.75, 3.05) is 25.0 Å². The summed E-state index contributed by atoms with van der Waals surface area (Å²) in [5.74, 6) is 1.97. The Hall–Kier alpha value is -1.31. The maximum Gasteiger partial charge on any atom is 0.191 e. The molecule has 5 nitrogen and oxygen atoms in total. The highest BCUT2D eigenvalue weighted by molar-refractivity contribution is 14.0. The van der Waals surface area contributed by atoms with Crippen molar-refractivity contribution in [3.05, 3.63) is 36.0 Å². The molecule has 1 aliphatic carbocycles. The van der Waals surface area contributed by atoms with Gasteiger partial charge in [0, 0.05) is 38.9 Å². The second-order valence-electron chi connectivity index (χ2n) is 6.64. The largest absolute Gasteiger partial charge is 0.357 e. The van der Waals surface area contributed by atoms with Gasteiger partial charge in [-0.15, -0.1) is 24.0 Å². The van der Waals surface area contributed by atoms with Crippen molar-refractivity contribution in [1.82, 2.24) is 15.6 Å². The Labute approximate surface area is 168 Å². The van der Waals surface area contributed by atoms with Gasteiger partial charge in [0.2, 0.25) is 0 Å². The third-order valence-corrected chi connectivity index (χ3v) is 4.77. The van der Waals surface area contributed by atoms with Crippen LogP contribution >= 0.6 is 24.0 Å². The highest BCUT2D eigenvalue weighted by Crippen LogP contribution is 2.17. The van der Waals surface area contributed by atoms with Crippen molar-refractivity contribution >= 4 is 35.8 Å². The van der Waals surface area contributed by atoms with E-state index in [1.54, 1.807) is 0 Å². The summed E-state index contributed by atoms with van der Waals surface area (Å²) in [4.78, 5) is 11.4. The van der Waals surface area contributed by atoms with Gasteiger partial charge in [-0.05, 0) is 37.3 Å². The van der Waals surface area contributed by atoms with Crippen LogP contribution in [0.15, 0.2) is 35.5 Å². The van der Waals surface area contributed by atoms with E-state index >= 15 is 0 Å². The van der Waals surface area contributed by atoms with Gasteiger partial charge in [-0.1, -0.05) is 31.1 Å². The van der Waals surface area contributed by atoms with Crippen molar-refractivity contribution < 1.29 is 0 Å². The zero-order valence-corrected chi connectivity index (χ0v) is 17.4. The van der Waals surface area contributed by atoms with E-state index in [2.05, 4.69) is 49.8 Å². The Morgan fingerprint density at radius 2 is 1.88 bits per heavy atom. The predicted molar refractivity (Wildman–Crippen MR) is 116 cm³/mol. The van der Waals surface area contributed by atoms with Crippen molar-refractivity contribution in [1.29, 1.82) is 0 Å². The topological polar surface area (TPSA) is 52.6 Å². The molecule has 0 spiro atoms. The SMILES string of the molecule is CN=C(NCc1ccc(N2CCCCCC2)nc1)NC1CC=CC1.I. The molecule has 0 saturated carbocycles. The minimum atomic E-state index is 0. The number of rotatable bonds is 4. The Kier molecular flexibility index (Phi) is 8.51. The van der Waals surface area contributed by atoms with Gasteiger partial charge in [-0.25, -0.2) is 4.98 Å². The molecule has 0 amide bonds. The first-order valence-corrected chi connectivity index (χ1v) is 9.17. The molecule has 6 heteroatoms. The maximum atomic E-state index is 4.67. The first-order valence-electron chi connectivity index (χ1n) is 9.17. The fourth-order valence-electron chi connectivity index (χ4n) is 3.32. The summed E-state index contributed by atoms with van der Waals surface area (Å²) in [7, 11) is 1.82. The van der Waals surface area contributed by atoms with E-state index in [9.17, 15) is 0 Å². The summed E-state index contributed by atoms with van der Waals surface area (Å²) in [6.45, 7) is 3.01. The first kappa shape index (κ1) is 20.0. The molecule has 0 unspecified atom stereocenters. The van der Waals surface area contributed by atoms with Gasteiger partial charge in [-0.2, -0.15) is 0 Å². The smallest absolute Gasteiger partial charge is 0.191 e. The normalized spacial score (nSPS) is 18.6. The van der Waals surface area contributed by atoms with Crippen LogP contribution in [0.1, 0.15) is 44.1 Å². The Balaban J connectivity index is 0.00000225. The molecule has 1 saturated heterocycles. The van der Waals surface area contributed by atoms with E-state index < -0.39 is 0 Å². The van der Waals surface area contributed by atoms with Crippen molar-refractivity contribution in [2.45, 2.75) is 51.1 Å². The van der Waals surface area contributed by atoms with Gasteiger partial charge in [0.15, 0.2) is 5.96 Å². The lowest BCUT2D eigenvalue weighted by atomic mass is 10.2. The summed E-state index contributed by atoms with van der Waals surface area (Å²) in [6, 6.07) is 4.80. The van der Waals surface area contributed by atoms with Crippen molar-refractivity contribution in [2.24, 2.45) is 4.99 Å². The van der Waals surface area contributed by atoms with E-state index in [0.717, 1.165) is 44.3 Å². The van der Waals surface area contributed by atoms with Crippen LogP contribution in [-0.4, -0.2) is 37.1 Å². The van der Waals surface area contributed by atoms with Gasteiger partial charge in [0.1, 0.15) is 5.82 Å². The van der Waals surface area contributed by atoms with Gasteiger partial charge in [-0.3, -0.25) is 4.99 Å². The summed E-state index contributed by atoms with van der Waals surface area (Å²) in [6.07, 6.45) is 13.8. The number of aromatic nitrogens is 1. The van der Waals surface area contributed by atoms with Crippen LogP contribution in [0.2, 0.25) is 0 Å². The molecule has 2 aliphatic rings. The van der Waals surface area contributed by atoms with Crippen LogP contribution in [0.5, 0.6) is 0 Å². The maximum absolute atomic E-state index is 4.67. The number of guanidine groups is 1. The van der Waals surface area contributed by atoms with E-state index in [1.165, 1.54) is 31.2 Å². The molecule has 2 heterocycles. The Morgan fingerprint density at radius 3 is 2.48 bits per heavy atom. The van der Waals surface area contributed by atoms with Gasteiger partial charge >= 0.3 is 0 Å². The number of hydrogen-bond acceptors (Lipinski definition) is 3. The molecule has 2 N–H and O–H groups in total. The average Bonchev–Trinajstić information content (AvgIpc) is 2.98. The molecule has 3 rings (SSSR count). The third kappa shape index (κ3) is 6.17. The number of pyridine rings is 1. The summed E-state index contributed by atoms with van der Waals surface area (Å²) < 4.78 is 0. The number of halogens is 1. The molecule has 25 heavy (non-hydrogen) atoms. The van der Waals surface area contributed by atoms with Gasteiger partial charge in [0.25, 0.3) is 0 Å². The van der Waals surface area contributed by atoms with Crippen LogP contribution < -0.4 is 15.5 Å². The molecule has 1 aromatic rings. The van der Waals surface area contributed by atoms with E-state index in [1.807, 2.05) is 13.2 Å². The van der Waals surface area contributed by atoms with Gasteiger partial charge < -0.3 is 15.5 Å². The zero-order chi connectivity index (χ0) is 16.6. The zero-order valence-electron chi connectivity index (χ0n) is 15.1. The fraction of sp³-hybridized carbons (Fsp3) is 0.579. The van der Waals surface area contributed by atoms with E-state index in [4.69, 9.17) is 0 Å². The summed E-state index contributed by atoms with van der Waals surface area (Å²) >= 11 is 0. The molecule has 0 bridgehead atoms. The second-order valence-corrected chi connectivity index (χ2v) is 6.64. The lowest BCUT2D eigenvalue weighted by Crippen LogP contribution is -2.42. The molecule has 138 valence electrons. The third-order valence-electron chi connectivity index (χ3n) is 4.77. The first-order chi connectivity index (χ1) is 11.8. The van der Waals surface area contributed by atoms with Crippen LogP contribution in [0.25, 0.3) is 0 Å². The van der Waals surface area contributed by atoms with Crippen molar-refractivity contribution in [3.63, 3.8) is 0 Å². The van der Waals surface area contributed by atoms with E-state index in [-0.39, 0.29) is 24.0 Å². The quantitative estimate of drug-likeness (QED) is 0.316. The predicted octanol–water partition coefficient (Wildman–Crippen LogP) is 3.46. The molecule has 0 radical (unpaired) electrons. The standard InChI is InChI=1S/C19H29N5.HI/c1-20-19(23-17-8-4-5-9-17)22-15-16-10-11-18(21-14-16)24-12-6-2-3-7-13-24;/h4-5,10-11,14,17H,2-3,6-9,12-13,15H2,1H3,(H2,20,22,23);1H. The minimum absolute atomic E-state index is 0. The number of nitrogens with one attached hydrogen (secondary N) is 2. The number of aliphatic imine (C=N–C) groups is 1. The molecule has 0 atom stereocenters. The second kappa shape index (κ2) is 10.6. The lowest BCUT2D eigenvalue weighted by molar-refractivity contribution is 0.633. The number of hydrogen-bond donors (Lipinski definition) is 2. The average molecular weight is 455 g/mol.